The molecule has 0 unspecified atom stereocenters. The molecular formula is C15H21NO2. The standard InChI is InChI=1S/C15H21NO2/c17-15-6-8-16(13-7-9-18-11-13)14(15)10-12-4-2-1-3-5-12/h1-5,13-15,17H,6-11H2/t13-,14-,15+/m0/s1. The number of likely N-dealkylation sites (tertiary alicyclic amines) is 1. The van der Waals surface area contributed by atoms with Gasteiger partial charge in [0.25, 0.3) is 0 Å². The molecule has 0 aromatic heterocycles. The third-order valence-corrected chi connectivity index (χ3v) is 4.22. The molecule has 2 saturated heterocycles. The van der Waals surface area contributed by atoms with Crippen molar-refractivity contribution in [1.82, 2.24) is 4.90 Å². The van der Waals surface area contributed by atoms with Crippen LogP contribution in [0.4, 0.5) is 0 Å². The van der Waals surface area contributed by atoms with Crippen molar-refractivity contribution in [2.75, 3.05) is 19.8 Å². The van der Waals surface area contributed by atoms with E-state index in [9.17, 15) is 5.11 Å². The van der Waals surface area contributed by atoms with Gasteiger partial charge < -0.3 is 9.84 Å². The molecule has 0 amide bonds. The van der Waals surface area contributed by atoms with E-state index in [1.54, 1.807) is 0 Å². The average molecular weight is 247 g/mol. The Bertz CT molecular complexity index is 375. The zero-order valence-electron chi connectivity index (χ0n) is 10.7. The van der Waals surface area contributed by atoms with Gasteiger partial charge in [-0.1, -0.05) is 30.3 Å². The van der Waals surface area contributed by atoms with Gasteiger partial charge in [-0.2, -0.15) is 0 Å². The number of ether oxygens (including phenoxy) is 1. The zero-order valence-corrected chi connectivity index (χ0v) is 10.7. The summed E-state index contributed by atoms with van der Waals surface area (Å²) in [6, 6.07) is 11.2. The Morgan fingerprint density at radius 1 is 1.22 bits per heavy atom. The van der Waals surface area contributed by atoms with Crippen LogP contribution in [0.25, 0.3) is 0 Å². The molecule has 18 heavy (non-hydrogen) atoms. The molecule has 3 heteroatoms. The number of benzene rings is 1. The van der Waals surface area contributed by atoms with Crippen molar-refractivity contribution in [3.63, 3.8) is 0 Å². The highest BCUT2D eigenvalue weighted by Crippen LogP contribution is 2.27. The summed E-state index contributed by atoms with van der Waals surface area (Å²) in [6.07, 6.45) is 2.76. The number of rotatable bonds is 3. The van der Waals surface area contributed by atoms with Crippen molar-refractivity contribution in [3.05, 3.63) is 35.9 Å². The summed E-state index contributed by atoms with van der Waals surface area (Å²) in [5.41, 5.74) is 1.31. The van der Waals surface area contributed by atoms with Gasteiger partial charge in [0.2, 0.25) is 0 Å². The second-order valence-corrected chi connectivity index (χ2v) is 5.37. The SMILES string of the molecule is O[C@@H]1CCN([C@H]2CCOC2)[C@H]1Cc1ccccc1. The maximum Gasteiger partial charge on any atom is 0.0710 e. The number of hydrogen-bond donors (Lipinski definition) is 1. The molecule has 2 fully saturated rings. The maximum atomic E-state index is 10.2. The van der Waals surface area contributed by atoms with Gasteiger partial charge in [0.05, 0.1) is 12.7 Å². The molecular weight excluding hydrogens is 226 g/mol. The van der Waals surface area contributed by atoms with Crippen LogP contribution in [-0.4, -0.2) is 48.0 Å². The monoisotopic (exact) mass is 247 g/mol. The molecule has 2 aliphatic rings. The van der Waals surface area contributed by atoms with E-state index in [1.165, 1.54) is 5.56 Å². The highest BCUT2D eigenvalue weighted by atomic mass is 16.5. The van der Waals surface area contributed by atoms with Crippen molar-refractivity contribution in [3.8, 4) is 0 Å². The lowest BCUT2D eigenvalue weighted by atomic mass is 10.0. The van der Waals surface area contributed by atoms with Crippen LogP contribution in [0.2, 0.25) is 0 Å². The lowest BCUT2D eigenvalue weighted by Crippen LogP contribution is -2.44. The van der Waals surface area contributed by atoms with E-state index in [4.69, 9.17) is 4.74 Å². The van der Waals surface area contributed by atoms with Gasteiger partial charge in [-0.25, -0.2) is 0 Å². The molecule has 3 atom stereocenters. The first-order valence-corrected chi connectivity index (χ1v) is 6.90. The molecule has 3 rings (SSSR count). The van der Waals surface area contributed by atoms with E-state index < -0.39 is 0 Å². The van der Waals surface area contributed by atoms with E-state index in [1.807, 2.05) is 6.07 Å². The Kier molecular flexibility index (Phi) is 3.64. The van der Waals surface area contributed by atoms with Gasteiger partial charge in [0, 0.05) is 25.2 Å². The summed E-state index contributed by atoms with van der Waals surface area (Å²) < 4.78 is 5.48. The third kappa shape index (κ3) is 2.44. The molecule has 1 aromatic carbocycles. The number of aliphatic hydroxyl groups is 1. The highest BCUT2D eigenvalue weighted by molar-refractivity contribution is 5.17. The molecule has 0 spiro atoms. The highest BCUT2D eigenvalue weighted by Gasteiger charge is 2.38. The number of nitrogens with zero attached hydrogens (tertiary/aromatic N) is 1. The molecule has 0 bridgehead atoms. The van der Waals surface area contributed by atoms with E-state index in [2.05, 4.69) is 29.2 Å². The van der Waals surface area contributed by atoms with Crippen LogP contribution < -0.4 is 0 Å². The number of hydrogen-bond acceptors (Lipinski definition) is 3. The minimum Gasteiger partial charge on any atom is -0.391 e. The van der Waals surface area contributed by atoms with Gasteiger partial charge >= 0.3 is 0 Å². The lowest BCUT2D eigenvalue weighted by molar-refractivity contribution is 0.0833. The van der Waals surface area contributed by atoms with E-state index in [-0.39, 0.29) is 12.1 Å². The van der Waals surface area contributed by atoms with Crippen LogP contribution in [0.1, 0.15) is 18.4 Å². The number of aliphatic hydroxyl groups excluding tert-OH is 1. The predicted molar refractivity (Wildman–Crippen MR) is 70.5 cm³/mol. The fourth-order valence-corrected chi connectivity index (χ4v) is 3.21. The van der Waals surface area contributed by atoms with Crippen molar-refractivity contribution < 1.29 is 9.84 Å². The summed E-state index contributed by atoms with van der Waals surface area (Å²) in [5.74, 6) is 0. The summed E-state index contributed by atoms with van der Waals surface area (Å²) in [6.45, 7) is 2.71. The fraction of sp³-hybridized carbons (Fsp3) is 0.600. The van der Waals surface area contributed by atoms with Crippen molar-refractivity contribution >= 4 is 0 Å². The fourth-order valence-electron chi connectivity index (χ4n) is 3.21. The van der Waals surface area contributed by atoms with Crippen molar-refractivity contribution in [2.24, 2.45) is 0 Å². The normalized spacial score (nSPS) is 33.1. The van der Waals surface area contributed by atoms with Gasteiger partial charge in [-0.3, -0.25) is 4.90 Å². The van der Waals surface area contributed by atoms with Crippen LogP contribution in [0, 0.1) is 0 Å². The summed E-state index contributed by atoms with van der Waals surface area (Å²) in [4.78, 5) is 2.46. The molecule has 0 saturated carbocycles. The quantitative estimate of drug-likeness (QED) is 0.877. The molecule has 1 N–H and O–H groups in total. The Balaban J connectivity index is 1.71. The lowest BCUT2D eigenvalue weighted by Gasteiger charge is -2.30. The Labute approximate surface area is 108 Å². The first kappa shape index (κ1) is 12.2. The van der Waals surface area contributed by atoms with Crippen LogP contribution in [0.3, 0.4) is 0 Å². The summed E-state index contributed by atoms with van der Waals surface area (Å²) in [5, 5.41) is 10.2. The van der Waals surface area contributed by atoms with Gasteiger partial charge in [-0.15, -0.1) is 0 Å². The third-order valence-electron chi connectivity index (χ3n) is 4.22. The molecule has 1 aromatic rings. The van der Waals surface area contributed by atoms with Crippen LogP contribution in [0.15, 0.2) is 30.3 Å². The second-order valence-electron chi connectivity index (χ2n) is 5.37. The van der Waals surface area contributed by atoms with Crippen molar-refractivity contribution in [1.29, 1.82) is 0 Å². The van der Waals surface area contributed by atoms with Gasteiger partial charge in [-0.05, 0) is 24.8 Å². The average Bonchev–Trinajstić information content (AvgIpc) is 3.02. The summed E-state index contributed by atoms with van der Waals surface area (Å²) >= 11 is 0. The Morgan fingerprint density at radius 3 is 2.78 bits per heavy atom. The molecule has 0 aliphatic carbocycles. The molecule has 0 radical (unpaired) electrons. The zero-order chi connectivity index (χ0) is 12.4. The van der Waals surface area contributed by atoms with Crippen LogP contribution in [0.5, 0.6) is 0 Å². The first-order chi connectivity index (χ1) is 8.84. The molecule has 2 aliphatic heterocycles. The van der Waals surface area contributed by atoms with Crippen LogP contribution >= 0.6 is 0 Å². The minimum atomic E-state index is -0.189. The minimum absolute atomic E-state index is 0.189. The predicted octanol–water partition coefficient (Wildman–Crippen LogP) is 1.45. The maximum absolute atomic E-state index is 10.2. The topological polar surface area (TPSA) is 32.7 Å². The smallest absolute Gasteiger partial charge is 0.0710 e. The van der Waals surface area contributed by atoms with Gasteiger partial charge in [0.15, 0.2) is 0 Å². The Morgan fingerprint density at radius 2 is 2.06 bits per heavy atom. The molecule has 2 heterocycles. The largest absolute Gasteiger partial charge is 0.391 e. The summed E-state index contributed by atoms with van der Waals surface area (Å²) in [7, 11) is 0. The van der Waals surface area contributed by atoms with E-state index in [0.717, 1.165) is 39.0 Å². The second kappa shape index (κ2) is 5.39. The van der Waals surface area contributed by atoms with Gasteiger partial charge in [0.1, 0.15) is 0 Å². The van der Waals surface area contributed by atoms with Crippen molar-refractivity contribution in [2.45, 2.75) is 37.5 Å². The first-order valence-electron chi connectivity index (χ1n) is 6.90. The van der Waals surface area contributed by atoms with E-state index in [0.29, 0.717) is 6.04 Å². The molecule has 3 nitrogen and oxygen atoms in total. The molecule has 98 valence electrons. The Hall–Kier alpha value is -0.900. The van der Waals surface area contributed by atoms with Crippen LogP contribution in [-0.2, 0) is 11.2 Å². The van der Waals surface area contributed by atoms with E-state index >= 15 is 0 Å².